The van der Waals surface area contributed by atoms with Crippen LogP contribution in [0.4, 0.5) is 0 Å². The first-order valence-electron chi connectivity index (χ1n) is 5.89. The highest BCUT2D eigenvalue weighted by atomic mass is 32.2. The number of carbonyl (C=O) groups excluding carboxylic acids is 1. The maximum atomic E-state index is 12.0. The monoisotopic (exact) mass is 228 g/mol. The predicted molar refractivity (Wildman–Crippen MR) is 64.1 cm³/mol. The van der Waals surface area contributed by atoms with Crippen LogP contribution < -0.4 is 10.6 Å². The molecule has 15 heavy (non-hydrogen) atoms. The molecule has 0 saturated carbocycles. The maximum Gasteiger partial charge on any atom is 0.224 e. The van der Waals surface area contributed by atoms with Crippen LogP contribution in [0.1, 0.15) is 26.2 Å². The number of hydrogen-bond acceptors (Lipinski definition) is 3. The van der Waals surface area contributed by atoms with E-state index in [1.54, 1.807) is 0 Å². The van der Waals surface area contributed by atoms with Crippen LogP contribution in [-0.2, 0) is 4.79 Å². The average molecular weight is 228 g/mol. The Balaban J connectivity index is 1.80. The molecule has 2 fully saturated rings. The van der Waals surface area contributed by atoms with Gasteiger partial charge in [0.2, 0.25) is 5.91 Å². The topological polar surface area (TPSA) is 41.1 Å². The van der Waals surface area contributed by atoms with Crippen molar-refractivity contribution in [3.63, 3.8) is 0 Å². The Morgan fingerprint density at radius 2 is 2.33 bits per heavy atom. The normalized spacial score (nSPS) is 36.5. The number of thioether (sulfide) groups is 1. The molecule has 2 rings (SSSR count). The van der Waals surface area contributed by atoms with Crippen LogP contribution in [0.3, 0.4) is 0 Å². The Hall–Kier alpha value is -0.220. The lowest BCUT2D eigenvalue weighted by atomic mass is 10.0. The van der Waals surface area contributed by atoms with Crippen molar-refractivity contribution in [2.24, 2.45) is 5.92 Å². The summed E-state index contributed by atoms with van der Waals surface area (Å²) in [6, 6.07) is 0.769. The van der Waals surface area contributed by atoms with Gasteiger partial charge in [-0.3, -0.25) is 4.79 Å². The molecular formula is C11H20N2OS. The molecule has 1 amide bonds. The standard InChI is InChI=1S/C11H20N2OS/c1-8-10(4-5-12-8)11(14)13-9-3-2-6-15-7-9/h8-10,12H,2-7H2,1H3,(H,13,14). The first-order chi connectivity index (χ1) is 7.27. The van der Waals surface area contributed by atoms with E-state index in [9.17, 15) is 4.79 Å². The molecule has 0 aliphatic carbocycles. The zero-order valence-electron chi connectivity index (χ0n) is 9.29. The molecule has 0 bridgehead atoms. The van der Waals surface area contributed by atoms with E-state index in [0.29, 0.717) is 12.1 Å². The zero-order chi connectivity index (χ0) is 10.7. The average Bonchev–Trinajstić information content (AvgIpc) is 2.66. The number of nitrogens with one attached hydrogen (secondary N) is 2. The summed E-state index contributed by atoms with van der Waals surface area (Å²) in [5, 5.41) is 6.51. The van der Waals surface area contributed by atoms with E-state index >= 15 is 0 Å². The molecule has 3 atom stereocenters. The van der Waals surface area contributed by atoms with Gasteiger partial charge in [-0.15, -0.1) is 0 Å². The van der Waals surface area contributed by atoms with Gasteiger partial charge in [-0.2, -0.15) is 11.8 Å². The van der Waals surface area contributed by atoms with Gasteiger partial charge in [-0.05, 0) is 38.5 Å². The van der Waals surface area contributed by atoms with E-state index in [4.69, 9.17) is 0 Å². The fraction of sp³-hybridized carbons (Fsp3) is 0.909. The van der Waals surface area contributed by atoms with Crippen molar-refractivity contribution in [1.29, 1.82) is 0 Å². The largest absolute Gasteiger partial charge is 0.352 e. The Bertz CT molecular complexity index is 229. The molecule has 3 unspecified atom stereocenters. The first kappa shape index (κ1) is 11.3. The molecule has 0 aromatic carbocycles. The fourth-order valence-electron chi connectivity index (χ4n) is 2.38. The Morgan fingerprint density at radius 3 is 2.93 bits per heavy atom. The lowest BCUT2D eigenvalue weighted by molar-refractivity contribution is -0.125. The molecule has 2 aliphatic heterocycles. The van der Waals surface area contributed by atoms with Gasteiger partial charge in [0.1, 0.15) is 0 Å². The summed E-state index contributed by atoms with van der Waals surface area (Å²) >= 11 is 1.96. The third-order valence-electron chi connectivity index (χ3n) is 3.37. The van der Waals surface area contributed by atoms with Gasteiger partial charge >= 0.3 is 0 Å². The Kier molecular flexibility index (Phi) is 3.92. The highest BCUT2D eigenvalue weighted by Crippen LogP contribution is 2.19. The minimum atomic E-state index is 0.192. The second-order valence-electron chi connectivity index (χ2n) is 4.56. The van der Waals surface area contributed by atoms with Gasteiger partial charge < -0.3 is 10.6 Å². The summed E-state index contributed by atoms with van der Waals surface area (Å²) in [7, 11) is 0. The van der Waals surface area contributed by atoms with Crippen molar-refractivity contribution < 1.29 is 4.79 Å². The van der Waals surface area contributed by atoms with Gasteiger partial charge in [-0.1, -0.05) is 0 Å². The van der Waals surface area contributed by atoms with Crippen molar-refractivity contribution in [3.05, 3.63) is 0 Å². The molecule has 2 aliphatic rings. The van der Waals surface area contributed by atoms with Gasteiger partial charge in [0, 0.05) is 17.8 Å². The van der Waals surface area contributed by atoms with E-state index in [1.807, 2.05) is 11.8 Å². The smallest absolute Gasteiger partial charge is 0.224 e. The molecular weight excluding hydrogens is 208 g/mol. The summed E-state index contributed by atoms with van der Waals surface area (Å²) < 4.78 is 0. The van der Waals surface area contributed by atoms with Crippen molar-refractivity contribution in [2.75, 3.05) is 18.1 Å². The zero-order valence-corrected chi connectivity index (χ0v) is 10.1. The summed E-state index contributed by atoms with van der Waals surface area (Å²) in [6.07, 6.45) is 3.40. The van der Waals surface area contributed by atoms with Crippen LogP contribution in [0.2, 0.25) is 0 Å². The molecule has 2 saturated heterocycles. The highest BCUT2D eigenvalue weighted by molar-refractivity contribution is 7.99. The van der Waals surface area contributed by atoms with Crippen molar-refractivity contribution >= 4 is 17.7 Å². The van der Waals surface area contributed by atoms with Crippen LogP contribution in [0.5, 0.6) is 0 Å². The lowest BCUT2D eigenvalue weighted by Gasteiger charge is -2.25. The van der Waals surface area contributed by atoms with Gasteiger partial charge in [0.25, 0.3) is 0 Å². The molecule has 0 radical (unpaired) electrons. The van der Waals surface area contributed by atoms with Crippen LogP contribution in [0.25, 0.3) is 0 Å². The minimum absolute atomic E-state index is 0.192. The van der Waals surface area contributed by atoms with Crippen molar-refractivity contribution in [2.45, 2.75) is 38.3 Å². The molecule has 2 heterocycles. The molecule has 0 spiro atoms. The summed E-state index contributed by atoms with van der Waals surface area (Å²) in [5.74, 6) is 2.81. The van der Waals surface area contributed by atoms with E-state index in [-0.39, 0.29) is 11.8 Å². The van der Waals surface area contributed by atoms with Crippen LogP contribution in [0, 0.1) is 5.92 Å². The SMILES string of the molecule is CC1NCCC1C(=O)NC1CCCSC1. The van der Waals surface area contributed by atoms with Crippen molar-refractivity contribution in [3.8, 4) is 0 Å². The third kappa shape index (κ3) is 2.88. The predicted octanol–water partition coefficient (Wildman–Crippen LogP) is 0.996. The highest BCUT2D eigenvalue weighted by Gasteiger charge is 2.30. The summed E-state index contributed by atoms with van der Waals surface area (Å²) in [6.45, 7) is 3.09. The number of rotatable bonds is 2. The summed E-state index contributed by atoms with van der Waals surface area (Å²) in [5.41, 5.74) is 0. The number of carbonyl (C=O) groups is 1. The summed E-state index contributed by atoms with van der Waals surface area (Å²) in [4.78, 5) is 12.0. The van der Waals surface area contributed by atoms with Gasteiger partial charge in [0.15, 0.2) is 0 Å². The van der Waals surface area contributed by atoms with Crippen LogP contribution in [0.15, 0.2) is 0 Å². The molecule has 4 heteroatoms. The van der Waals surface area contributed by atoms with Gasteiger partial charge in [-0.25, -0.2) is 0 Å². The second-order valence-corrected chi connectivity index (χ2v) is 5.71. The maximum absolute atomic E-state index is 12.0. The van der Waals surface area contributed by atoms with Crippen LogP contribution >= 0.6 is 11.8 Å². The lowest BCUT2D eigenvalue weighted by Crippen LogP contribution is -2.44. The minimum Gasteiger partial charge on any atom is -0.352 e. The number of hydrogen-bond donors (Lipinski definition) is 2. The Labute approximate surface area is 95.8 Å². The molecule has 86 valence electrons. The molecule has 0 aromatic heterocycles. The number of amides is 1. The molecule has 2 N–H and O–H groups in total. The fourth-order valence-corrected chi connectivity index (χ4v) is 3.45. The van der Waals surface area contributed by atoms with Crippen molar-refractivity contribution in [1.82, 2.24) is 10.6 Å². The van der Waals surface area contributed by atoms with Gasteiger partial charge in [0.05, 0.1) is 5.92 Å². The van der Waals surface area contributed by atoms with E-state index < -0.39 is 0 Å². The quantitative estimate of drug-likeness (QED) is 0.741. The third-order valence-corrected chi connectivity index (χ3v) is 4.58. The second kappa shape index (κ2) is 5.21. The Morgan fingerprint density at radius 1 is 1.47 bits per heavy atom. The van der Waals surface area contributed by atoms with E-state index in [0.717, 1.165) is 25.1 Å². The molecule has 3 nitrogen and oxygen atoms in total. The first-order valence-corrected chi connectivity index (χ1v) is 7.04. The van der Waals surface area contributed by atoms with E-state index in [2.05, 4.69) is 17.6 Å². The molecule has 0 aromatic rings. The van der Waals surface area contributed by atoms with E-state index in [1.165, 1.54) is 12.2 Å². The van der Waals surface area contributed by atoms with Crippen LogP contribution in [-0.4, -0.2) is 36.0 Å².